The Hall–Kier alpha value is -2.59. The van der Waals surface area contributed by atoms with E-state index < -0.39 is 0 Å². The van der Waals surface area contributed by atoms with E-state index in [1.54, 1.807) is 14.1 Å². The molecule has 0 aliphatic carbocycles. The predicted molar refractivity (Wildman–Crippen MR) is 103 cm³/mol. The molecule has 0 radical (unpaired) electrons. The first-order valence-electron chi connectivity index (χ1n) is 7.65. The highest BCUT2D eigenvalue weighted by molar-refractivity contribution is 9.10. The Labute approximate surface area is 159 Å². The molecule has 132 valence electrons. The van der Waals surface area contributed by atoms with E-state index in [1.165, 1.54) is 31.8 Å². The third-order valence-electron chi connectivity index (χ3n) is 4.02. The largest absolute Gasteiger partial charge is 0.290 e. The van der Waals surface area contributed by atoms with Crippen LogP contribution in [-0.4, -0.2) is 37.3 Å². The lowest BCUT2D eigenvalue weighted by Crippen LogP contribution is -2.34. The van der Waals surface area contributed by atoms with Crippen LogP contribution in [0.5, 0.6) is 0 Å². The minimum Gasteiger partial charge on any atom is -0.290 e. The van der Waals surface area contributed by atoms with Gasteiger partial charge in [-0.25, -0.2) is 14.6 Å². The second kappa shape index (κ2) is 6.29. The van der Waals surface area contributed by atoms with E-state index in [0.29, 0.717) is 20.8 Å². The highest BCUT2D eigenvalue weighted by Crippen LogP contribution is 2.27. The molecule has 3 heterocycles. The van der Waals surface area contributed by atoms with Gasteiger partial charge in [0.1, 0.15) is 22.9 Å². The number of amides is 1. The van der Waals surface area contributed by atoms with Gasteiger partial charge < -0.3 is 0 Å². The topological polar surface area (TPSA) is 85.9 Å². The van der Waals surface area contributed by atoms with Gasteiger partial charge in [-0.3, -0.25) is 19.1 Å². The van der Waals surface area contributed by atoms with Crippen molar-refractivity contribution in [3.05, 3.63) is 45.5 Å². The summed E-state index contributed by atoms with van der Waals surface area (Å²) in [7, 11) is 3.35. The number of hydrogen-bond donors (Lipinski definition) is 0. The summed E-state index contributed by atoms with van der Waals surface area (Å²) in [5, 5.41) is 5.07. The third kappa shape index (κ3) is 2.71. The van der Waals surface area contributed by atoms with Crippen molar-refractivity contribution in [3.8, 4) is 0 Å². The van der Waals surface area contributed by atoms with Crippen molar-refractivity contribution in [1.29, 1.82) is 0 Å². The number of aromatic nitrogens is 5. The summed E-state index contributed by atoms with van der Waals surface area (Å²) in [6, 6.07) is 7.69. The summed E-state index contributed by atoms with van der Waals surface area (Å²) in [4.78, 5) is 35.4. The van der Waals surface area contributed by atoms with Gasteiger partial charge in [-0.2, -0.15) is 5.10 Å². The molecule has 26 heavy (non-hydrogen) atoms. The first-order valence-corrected chi connectivity index (χ1v) is 9.26. The summed E-state index contributed by atoms with van der Waals surface area (Å²) in [5.41, 5.74) is 0.984. The lowest BCUT2D eigenvalue weighted by molar-refractivity contribution is -0.118. The normalized spacial score (nSPS) is 11.3. The fourth-order valence-electron chi connectivity index (χ4n) is 2.61. The lowest BCUT2D eigenvalue weighted by Gasteiger charge is -2.14. The van der Waals surface area contributed by atoms with Gasteiger partial charge >= 0.3 is 0 Å². The Morgan fingerprint density at radius 1 is 1.35 bits per heavy atom. The van der Waals surface area contributed by atoms with E-state index in [2.05, 4.69) is 31.0 Å². The zero-order chi connectivity index (χ0) is 18.4. The molecular formula is C16H13BrN6O2S. The van der Waals surface area contributed by atoms with Crippen molar-refractivity contribution in [2.75, 3.05) is 11.9 Å². The average Bonchev–Trinajstić information content (AvgIpc) is 3.17. The average molecular weight is 433 g/mol. The van der Waals surface area contributed by atoms with Gasteiger partial charge in [0.15, 0.2) is 10.8 Å². The van der Waals surface area contributed by atoms with Crippen LogP contribution in [0.1, 0.15) is 0 Å². The molecule has 0 bridgehead atoms. The van der Waals surface area contributed by atoms with E-state index in [9.17, 15) is 9.59 Å². The predicted octanol–water partition coefficient (Wildman–Crippen LogP) is 2.17. The summed E-state index contributed by atoms with van der Waals surface area (Å²) < 4.78 is 4.21. The molecule has 0 N–H and O–H groups in total. The fraction of sp³-hybridized carbons (Fsp3) is 0.188. The van der Waals surface area contributed by atoms with E-state index in [-0.39, 0.29) is 18.0 Å². The summed E-state index contributed by atoms with van der Waals surface area (Å²) in [5.74, 6) is -0.257. The summed E-state index contributed by atoms with van der Waals surface area (Å²) >= 11 is 4.69. The minimum absolute atomic E-state index is 0.129. The maximum Gasteiger partial charge on any atom is 0.266 e. The van der Waals surface area contributed by atoms with Crippen LogP contribution in [0.3, 0.4) is 0 Å². The Balaban J connectivity index is 1.65. The number of fused-ring (bicyclic) bond motifs is 2. The molecular weight excluding hydrogens is 420 g/mol. The van der Waals surface area contributed by atoms with Crippen LogP contribution in [0.15, 0.2) is 40.0 Å². The SMILES string of the molecule is CN(C(=O)Cn1cnc2c(c(Br)nn2C)c1=O)c1nc2ccccc2s1. The van der Waals surface area contributed by atoms with E-state index in [1.807, 2.05) is 24.3 Å². The molecule has 4 rings (SSSR count). The molecule has 0 fully saturated rings. The molecule has 0 atom stereocenters. The van der Waals surface area contributed by atoms with Crippen molar-refractivity contribution in [2.45, 2.75) is 6.54 Å². The van der Waals surface area contributed by atoms with Crippen LogP contribution in [-0.2, 0) is 18.4 Å². The number of likely N-dealkylation sites (N-methyl/N-ethyl adjacent to an activating group) is 1. The number of aryl methyl sites for hydroxylation is 1. The Kier molecular flexibility index (Phi) is 4.08. The number of carbonyl (C=O) groups is 1. The molecule has 4 aromatic rings. The van der Waals surface area contributed by atoms with Gasteiger partial charge in [0.25, 0.3) is 5.56 Å². The minimum atomic E-state index is -0.318. The van der Waals surface area contributed by atoms with Crippen LogP contribution in [0.25, 0.3) is 21.3 Å². The number of rotatable bonds is 3. The second-order valence-corrected chi connectivity index (χ2v) is 7.47. The second-order valence-electron chi connectivity index (χ2n) is 5.71. The molecule has 10 heteroatoms. The quantitative estimate of drug-likeness (QED) is 0.495. The maximum atomic E-state index is 12.7. The van der Waals surface area contributed by atoms with E-state index >= 15 is 0 Å². The van der Waals surface area contributed by atoms with Gasteiger partial charge in [0.05, 0.1) is 10.2 Å². The zero-order valence-corrected chi connectivity index (χ0v) is 16.3. The number of nitrogens with zero attached hydrogens (tertiary/aromatic N) is 6. The van der Waals surface area contributed by atoms with Crippen molar-refractivity contribution in [1.82, 2.24) is 24.3 Å². The van der Waals surface area contributed by atoms with Gasteiger partial charge in [0, 0.05) is 14.1 Å². The molecule has 1 aromatic carbocycles. The monoisotopic (exact) mass is 432 g/mol. The zero-order valence-electron chi connectivity index (χ0n) is 13.9. The standard InChI is InChI=1S/C16H13BrN6O2S/c1-21(16-19-9-5-3-4-6-10(9)26-16)11(24)7-23-8-18-14-12(15(23)25)13(17)20-22(14)2/h3-6,8H,7H2,1-2H3. The molecule has 0 saturated carbocycles. The van der Waals surface area contributed by atoms with Gasteiger partial charge in [-0.1, -0.05) is 23.5 Å². The van der Waals surface area contributed by atoms with Crippen LogP contribution in [0, 0.1) is 0 Å². The van der Waals surface area contributed by atoms with E-state index in [4.69, 9.17) is 0 Å². The van der Waals surface area contributed by atoms with E-state index in [0.717, 1.165) is 10.2 Å². The van der Waals surface area contributed by atoms with Crippen molar-refractivity contribution in [2.24, 2.45) is 7.05 Å². The maximum absolute atomic E-state index is 12.7. The van der Waals surface area contributed by atoms with Crippen molar-refractivity contribution >= 4 is 59.6 Å². The molecule has 0 unspecified atom stereocenters. The first-order chi connectivity index (χ1) is 12.5. The molecule has 8 nitrogen and oxygen atoms in total. The number of carbonyl (C=O) groups excluding carboxylic acids is 1. The molecule has 1 amide bonds. The molecule has 3 aromatic heterocycles. The van der Waals surface area contributed by atoms with Crippen LogP contribution in [0.2, 0.25) is 0 Å². The lowest BCUT2D eigenvalue weighted by atomic mass is 10.3. The number of para-hydroxylation sites is 1. The highest BCUT2D eigenvalue weighted by Gasteiger charge is 2.19. The summed E-state index contributed by atoms with van der Waals surface area (Å²) in [6.07, 6.45) is 1.36. The Bertz CT molecular complexity index is 1180. The highest BCUT2D eigenvalue weighted by atomic mass is 79.9. The summed E-state index contributed by atoms with van der Waals surface area (Å²) in [6.45, 7) is -0.129. The number of halogens is 1. The number of thiazole rings is 1. The van der Waals surface area contributed by atoms with Crippen molar-refractivity contribution < 1.29 is 4.79 Å². The van der Waals surface area contributed by atoms with Crippen LogP contribution < -0.4 is 10.5 Å². The Morgan fingerprint density at radius 2 is 2.12 bits per heavy atom. The number of benzene rings is 1. The molecule has 0 saturated heterocycles. The van der Waals surface area contributed by atoms with Crippen molar-refractivity contribution in [3.63, 3.8) is 0 Å². The smallest absolute Gasteiger partial charge is 0.266 e. The van der Waals surface area contributed by atoms with Crippen LogP contribution >= 0.6 is 27.3 Å². The molecule has 0 spiro atoms. The molecule has 0 aliphatic rings. The van der Waals surface area contributed by atoms with Gasteiger partial charge in [0.2, 0.25) is 5.91 Å². The van der Waals surface area contributed by atoms with Crippen LogP contribution in [0.4, 0.5) is 5.13 Å². The fourth-order valence-corrected chi connectivity index (χ4v) is 4.14. The Morgan fingerprint density at radius 3 is 2.88 bits per heavy atom. The van der Waals surface area contributed by atoms with Gasteiger partial charge in [-0.05, 0) is 28.1 Å². The van der Waals surface area contributed by atoms with Gasteiger partial charge in [-0.15, -0.1) is 0 Å². The number of anilines is 1. The molecule has 0 aliphatic heterocycles. The first kappa shape index (κ1) is 16.9. The third-order valence-corrected chi connectivity index (χ3v) is 5.69. The number of hydrogen-bond acceptors (Lipinski definition) is 6.